The van der Waals surface area contributed by atoms with Crippen LogP contribution in [0.3, 0.4) is 0 Å². The van der Waals surface area contributed by atoms with E-state index in [2.05, 4.69) is 25.8 Å². The van der Waals surface area contributed by atoms with Gasteiger partial charge in [0, 0.05) is 42.5 Å². The number of likely N-dealkylation sites (tertiary alicyclic amines) is 1. The van der Waals surface area contributed by atoms with Crippen molar-refractivity contribution >= 4 is 35.0 Å². The number of rotatable bonds is 8. The Balaban J connectivity index is 2.22. The van der Waals surface area contributed by atoms with Crippen molar-refractivity contribution in [2.24, 2.45) is 11.8 Å². The molecule has 2 heterocycles. The van der Waals surface area contributed by atoms with Gasteiger partial charge in [0.1, 0.15) is 5.75 Å². The van der Waals surface area contributed by atoms with E-state index in [0.29, 0.717) is 28.8 Å². The monoisotopic (exact) mass is 538 g/mol. The SMILES string of the molecule is COC[C@H]1C[C@](CC(C)C)(OC(=O)O)N(C(=O)c2ccc(C(C)(C)C)c(OC)c2)[C@H]1c1cnc(Cl)s1. The van der Waals surface area contributed by atoms with Crippen LogP contribution in [-0.2, 0) is 14.9 Å². The van der Waals surface area contributed by atoms with E-state index in [1.807, 2.05) is 19.9 Å². The third kappa shape index (κ3) is 5.79. The first kappa shape index (κ1) is 28.2. The van der Waals surface area contributed by atoms with Crippen LogP contribution in [0.25, 0.3) is 0 Å². The molecule has 198 valence electrons. The van der Waals surface area contributed by atoms with Gasteiger partial charge in [0.25, 0.3) is 5.91 Å². The van der Waals surface area contributed by atoms with Crippen molar-refractivity contribution in [1.29, 1.82) is 0 Å². The molecule has 36 heavy (non-hydrogen) atoms. The second-order valence-electron chi connectivity index (χ2n) is 10.6. The number of halogens is 1. The molecule has 0 bridgehead atoms. The number of nitrogens with zero attached hydrogens (tertiary/aromatic N) is 2. The van der Waals surface area contributed by atoms with E-state index in [4.69, 9.17) is 25.8 Å². The van der Waals surface area contributed by atoms with Gasteiger partial charge in [-0.2, -0.15) is 0 Å². The fourth-order valence-corrected chi connectivity index (χ4v) is 6.36. The smallest absolute Gasteiger partial charge is 0.496 e. The molecule has 2 aromatic rings. The third-order valence-electron chi connectivity index (χ3n) is 6.39. The van der Waals surface area contributed by atoms with Crippen molar-refractivity contribution in [3.8, 4) is 5.75 Å². The number of amides is 1. The number of hydrogen-bond acceptors (Lipinski definition) is 7. The highest BCUT2D eigenvalue weighted by molar-refractivity contribution is 7.15. The predicted molar refractivity (Wildman–Crippen MR) is 139 cm³/mol. The van der Waals surface area contributed by atoms with E-state index in [0.717, 1.165) is 10.4 Å². The van der Waals surface area contributed by atoms with Crippen LogP contribution in [-0.4, -0.2) is 53.6 Å². The van der Waals surface area contributed by atoms with Crippen LogP contribution < -0.4 is 4.74 Å². The molecule has 1 N–H and O–H groups in total. The van der Waals surface area contributed by atoms with Crippen LogP contribution in [0.15, 0.2) is 24.4 Å². The van der Waals surface area contributed by atoms with Crippen molar-refractivity contribution in [1.82, 2.24) is 9.88 Å². The van der Waals surface area contributed by atoms with E-state index in [-0.39, 0.29) is 29.6 Å². The highest BCUT2D eigenvalue weighted by Gasteiger charge is 2.58. The van der Waals surface area contributed by atoms with Crippen molar-refractivity contribution in [3.05, 3.63) is 44.9 Å². The van der Waals surface area contributed by atoms with E-state index in [9.17, 15) is 14.7 Å². The Morgan fingerprint density at radius 1 is 1.31 bits per heavy atom. The molecular weight excluding hydrogens is 504 g/mol. The molecule has 0 radical (unpaired) electrons. The molecule has 3 rings (SSSR count). The minimum Gasteiger partial charge on any atom is -0.496 e. The second-order valence-corrected chi connectivity index (χ2v) is 12.3. The van der Waals surface area contributed by atoms with Gasteiger partial charge in [-0.15, -0.1) is 11.3 Å². The Labute approximate surface area is 221 Å². The summed E-state index contributed by atoms with van der Waals surface area (Å²) in [6, 6.07) is 4.82. The van der Waals surface area contributed by atoms with Gasteiger partial charge in [0.05, 0.1) is 19.8 Å². The zero-order valence-corrected chi connectivity index (χ0v) is 23.4. The minimum atomic E-state index is -1.44. The second kappa shape index (κ2) is 10.9. The van der Waals surface area contributed by atoms with Crippen molar-refractivity contribution < 1.29 is 28.9 Å². The lowest BCUT2D eigenvalue weighted by atomic mass is 9.85. The van der Waals surface area contributed by atoms with Crippen molar-refractivity contribution in [2.45, 2.75) is 64.6 Å². The maximum Gasteiger partial charge on any atom is 0.507 e. The third-order valence-corrected chi connectivity index (χ3v) is 7.58. The van der Waals surface area contributed by atoms with Gasteiger partial charge in [-0.3, -0.25) is 9.69 Å². The number of carbonyl (C=O) groups is 2. The van der Waals surface area contributed by atoms with Crippen LogP contribution in [0.1, 0.15) is 74.3 Å². The Morgan fingerprint density at radius 3 is 2.50 bits per heavy atom. The van der Waals surface area contributed by atoms with E-state index < -0.39 is 17.9 Å². The summed E-state index contributed by atoms with van der Waals surface area (Å²) in [7, 11) is 3.15. The molecule has 1 aromatic heterocycles. The zero-order chi connectivity index (χ0) is 26.8. The minimum absolute atomic E-state index is 0.0458. The summed E-state index contributed by atoms with van der Waals surface area (Å²) in [5, 5.41) is 9.77. The lowest BCUT2D eigenvalue weighted by molar-refractivity contribution is -0.108. The normalized spacial score (nSPS) is 22.2. The van der Waals surface area contributed by atoms with Crippen LogP contribution in [0, 0.1) is 11.8 Å². The summed E-state index contributed by atoms with van der Waals surface area (Å²) >= 11 is 7.44. The highest BCUT2D eigenvalue weighted by atomic mass is 35.5. The van der Waals surface area contributed by atoms with E-state index >= 15 is 0 Å². The summed E-state index contributed by atoms with van der Waals surface area (Å²) in [6.45, 7) is 10.5. The Hall–Kier alpha value is -2.36. The Bertz CT molecular complexity index is 1100. The largest absolute Gasteiger partial charge is 0.507 e. The summed E-state index contributed by atoms with van der Waals surface area (Å²) in [4.78, 5) is 32.8. The van der Waals surface area contributed by atoms with Crippen molar-refractivity contribution in [2.75, 3.05) is 20.8 Å². The first-order valence-electron chi connectivity index (χ1n) is 11.9. The number of ether oxygens (including phenoxy) is 3. The molecule has 0 aliphatic carbocycles. The van der Waals surface area contributed by atoms with Gasteiger partial charge in [0.2, 0.25) is 0 Å². The van der Waals surface area contributed by atoms with Gasteiger partial charge in [-0.05, 0) is 29.0 Å². The standard InChI is InChI=1S/C26H35ClN2O6S/c1-15(2)11-26(35-24(31)32)12-17(14-33-6)21(20-13-28-23(27)36-20)29(26)22(30)16-8-9-18(25(3,4)5)19(10-16)34-7/h8-10,13,15,17,21H,11-12,14H2,1-7H3,(H,31,32)/t17-,21-,26+/m1/s1. The van der Waals surface area contributed by atoms with Gasteiger partial charge in [0.15, 0.2) is 10.2 Å². The molecule has 3 atom stereocenters. The fourth-order valence-electron chi connectivity index (χ4n) is 5.22. The number of aromatic nitrogens is 1. The average molecular weight is 539 g/mol. The number of benzene rings is 1. The van der Waals surface area contributed by atoms with Gasteiger partial charge >= 0.3 is 6.16 Å². The molecule has 1 saturated heterocycles. The van der Waals surface area contributed by atoms with E-state index in [1.165, 1.54) is 11.3 Å². The molecule has 8 nitrogen and oxygen atoms in total. The van der Waals surface area contributed by atoms with Crippen LogP contribution >= 0.6 is 22.9 Å². The maximum absolute atomic E-state index is 14.3. The fraction of sp³-hybridized carbons (Fsp3) is 0.577. The first-order valence-corrected chi connectivity index (χ1v) is 13.1. The summed E-state index contributed by atoms with van der Waals surface area (Å²) in [5.41, 5.74) is -0.251. The lowest BCUT2D eigenvalue weighted by Crippen LogP contribution is -2.52. The molecule has 0 unspecified atom stereocenters. The van der Waals surface area contributed by atoms with E-state index in [1.54, 1.807) is 37.4 Å². The molecule has 1 aliphatic heterocycles. The molecule has 10 heteroatoms. The zero-order valence-electron chi connectivity index (χ0n) is 21.8. The van der Waals surface area contributed by atoms with Gasteiger partial charge < -0.3 is 19.3 Å². The van der Waals surface area contributed by atoms with Gasteiger partial charge in [-0.25, -0.2) is 9.78 Å². The quantitative estimate of drug-likeness (QED) is 0.389. The van der Waals surface area contributed by atoms with Crippen molar-refractivity contribution in [3.63, 3.8) is 0 Å². The summed E-state index contributed by atoms with van der Waals surface area (Å²) < 4.78 is 17.1. The number of carboxylic acid groups (broad SMARTS) is 1. The number of hydrogen-bond donors (Lipinski definition) is 1. The molecule has 1 fully saturated rings. The van der Waals surface area contributed by atoms with Crippen LogP contribution in [0.4, 0.5) is 4.79 Å². The predicted octanol–water partition coefficient (Wildman–Crippen LogP) is 6.39. The van der Waals surface area contributed by atoms with Crippen LogP contribution in [0.2, 0.25) is 4.47 Å². The molecule has 1 amide bonds. The molecule has 1 aromatic carbocycles. The number of methoxy groups -OCH3 is 2. The maximum atomic E-state index is 14.3. The lowest BCUT2D eigenvalue weighted by Gasteiger charge is -2.40. The van der Waals surface area contributed by atoms with Gasteiger partial charge in [-0.1, -0.05) is 52.3 Å². The Kier molecular flexibility index (Phi) is 8.58. The first-order chi connectivity index (χ1) is 16.8. The number of carbonyl (C=O) groups excluding carboxylic acids is 1. The summed E-state index contributed by atoms with van der Waals surface area (Å²) in [6.07, 6.45) is 0.809. The molecular formula is C26H35ClN2O6S. The van der Waals surface area contributed by atoms with Crippen LogP contribution in [0.5, 0.6) is 5.75 Å². The molecule has 0 spiro atoms. The Morgan fingerprint density at radius 2 is 2.00 bits per heavy atom. The summed E-state index contributed by atoms with van der Waals surface area (Å²) in [5.74, 6) is 0.0459. The highest BCUT2D eigenvalue weighted by Crippen LogP contribution is 2.52. The molecule has 1 aliphatic rings. The topological polar surface area (TPSA) is 98.2 Å². The average Bonchev–Trinajstić information content (AvgIpc) is 3.32. The number of thiazole rings is 1. The molecule has 0 saturated carbocycles.